The van der Waals surface area contributed by atoms with Gasteiger partial charge < -0.3 is 9.47 Å². The molecule has 0 unspecified atom stereocenters. The van der Waals surface area contributed by atoms with Gasteiger partial charge in [0.25, 0.3) is 0 Å². The van der Waals surface area contributed by atoms with E-state index in [1.165, 1.54) is 0 Å². The Balaban J connectivity index is 3.27. The molecular formula is C14H26O2. The van der Waals surface area contributed by atoms with Crippen LogP contribution in [0.3, 0.4) is 0 Å². The van der Waals surface area contributed by atoms with Gasteiger partial charge in [0.2, 0.25) is 0 Å². The molecule has 0 fully saturated rings. The molecule has 2 heteroatoms. The fourth-order valence-electron chi connectivity index (χ4n) is 1.22. The molecule has 0 atom stereocenters. The van der Waals surface area contributed by atoms with Crippen LogP contribution >= 0.6 is 0 Å². The highest BCUT2D eigenvalue weighted by molar-refractivity contribution is 4.80. The van der Waals surface area contributed by atoms with Crippen LogP contribution in [-0.2, 0) is 9.47 Å². The fraction of sp³-hybridized carbons (Fsp3) is 0.714. The summed E-state index contributed by atoms with van der Waals surface area (Å²) in [5, 5.41) is 0. The lowest BCUT2D eigenvalue weighted by Crippen LogP contribution is -2.14. The van der Waals surface area contributed by atoms with Gasteiger partial charge in [-0.1, -0.05) is 38.2 Å². The van der Waals surface area contributed by atoms with Crippen LogP contribution in [0.5, 0.6) is 0 Å². The summed E-state index contributed by atoms with van der Waals surface area (Å²) in [6, 6.07) is 0. The van der Waals surface area contributed by atoms with Gasteiger partial charge in [-0.25, -0.2) is 0 Å². The van der Waals surface area contributed by atoms with Crippen LogP contribution in [0.1, 0.15) is 46.5 Å². The molecule has 0 aromatic rings. The molecule has 0 N–H and O–H groups in total. The van der Waals surface area contributed by atoms with E-state index in [-0.39, 0.29) is 6.29 Å². The molecule has 0 saturated heterocycles. The summed E-state index contributed by atoms with van der Waals surface area (Å²) in [4.78, 5) is 0. The molecule has 0 heterocycles. The van der Waals surface area contributed by atoms with Gasteiger partial charge in [0, 0.05) is 0 Å². The first-order valence-corrected chi connectivity index (χ1v) is 6.34. The lowest BCUT2D eigenvalue weighted by molar-refractivity contribution is -0.128. The molecule has 0 amide bonds. The average molecular weight is 226 g/mol. The summed E-state index contributed by atoms with van der Waals surface area (Å²) < 4.78 is 11.0. The molecule has 0 rings (SSSR count). The molecular weight excluding hydrogens is 200 g/mol. The Labute approximate surface area is 100 Å². The van der Waals surface area contributed by atoms with Gasteiger partial charge in [-0.15, -0.1) is 0 Å². The molecule has 0 aliphatic carbocycles. The van der Waals surface area contributed by atoms with Gasteiger partial charge in [0.1, 0.15) is 0 Å². The van der Waals surface area contributed by atoms with E-state index < -0.39 is 0 Å². The van der Waals surface area contributed by atoms with Crippen molar-refractivity contribution >= 4 is 0 Å². The van der Waals surface area contributed by atoms with Crippen molar-refractivity contribution in [3.63, 3.8) is 0 Å². The minimum Gasteiger partial charge on any atom is -0.353 e. The van der Waals surface area contributed by atoms with E-state index in [1.807, 2.05) is 6.92 Å². The topological polar surface area (TPSA) is 18.5 Å². The van der Waals surface area contributed by atoms with Crippen molar-refractivity contribution in [1.29, 1.82) is 0 Å². The molecule has 2 nitrogen and oxygen atoms in total. The minimum atomic E-state index is -0.0925. The van der Waals surface area contributed by atoms with Gasteiger partial charge in [-0.3, -0.25) is 0 Å². The van der Waals surface area contributed by atoms with E-state index in [0.717, 1.165) is 38.9 Å². The molecule has 0 aliphatic heterocycles. The van der Waals surface area contributed by atoms with Crippen LogP contribution in [0.4, 0.5) is 0 Å². The van der Waals surface area contributed by atoms with Crippen LogP contribution in [-0.4, -0.2) is 19.5 Å². The quantitative estimate of drug-likeness (QED) is 0.317. The van der Waals surface area contributed by atoms with Crippen LogP contribution in [0.2, 0.25) is 0 Å². The third-order valence-electron chi connectivity index (χ3n) is 2.08. The second kappa shape index (κ2) is 12.5. The molecule has 0 aromatic heterocycles. The molecule has 94 valence electrons. The van der Waals surface area contributed by atoms with Gasteiger partial charge in [0.15, 0.2) is 6.29 Å². The maximum Gasteiger partial charge on any atom is 0.154 e. The highest BCUT2D eigenvalue weighted by Crippen LogP contribution is 1.98. The summed E-state index contributed by atoms with van der Waals surface area (Å²) in [6.45, 7) is 7.69. The van der Waals surface area contributed by atoms with Crippen LogP contribution in [0, 0.1) is 0 Å². The van der Waals surface area contributed by atoms with E-state index in [4.69, 9.17) is 9.47 Å². The SMILES string of the molecule is CCC=CCCOC(C)OCCC=CCC. The number of rotatable bonds is 10. The average Bonchev–Trinajstić information content (AvgIpc) is 2.28. The molecule has 0 bridgehead atoms. The number of hydrogen-bond acceptors (Lipinski definition) is 2. The third kappa shape index (κ3) is 11.5. The Morgan fingerprint density at radius 2 is 1.25 bits per heavy atom. The summed E-state index contributed by atoms with van der Waals surface area (Å²) in [5.74, 6) is 0. The molecule has 16 heavy (non-hydrogen) atoms. The normalized spacial score (nSPS) is 13.9. The van der Waals surface area contributed by atoms with Crippen molar-refractivity contribution in [3.05, 3.63) is 24.3 Å². The predicted molar refractivity (Wildman–Crippen MR) is 69.5 cm³/mol. The summed E-state index contributed by atoms with van der Waals surface area (Å²) in [7, 11) is 0. The smallest absolute Gasteiger partial charge is 0.154 e. The Morgan fingerprint density at radius 3 is 1.62 bits per heavy atom. The van der Waals surface area contributed by atoms with Crippen molar-refractivity contribution in [2.24, 2.45) is 0 Å². The number of allylic oxidation sites excluding steroid dienone is 2. The third-order valence-corrected chi connectivity index (χ3v) is 2.08. The number of hydrogen-bond donors (Lipinski definition) is 0. The Kier molecular flexibility index (Phi) is 12.0. The molecule has 0 radical (unpaired) electrons. The first-order valence-electron chi connectivity index (χ1n) is 6.34. The monoisotopic (exact) mass is 226 g/mol. The van der Waals surface area contributed by atoms with Crippen LogP contribution < -0.4 is 0 Å². The zero-order valence-electron chi connectivity index (χ0n) is 10.9. The van der Waals surface area contributed by atoms with Crippen molar-refractivity contribution in [2.45, 2.75) is 52.7 Å². The molecule has 0 aliphatic rings. The Morgan fingerprint density at radius 1 is 0.812 bits per heavy atom. The van der Waals surface area contributed by atoms with E-state index in [2.05, 4.69) is 38.2 Å². The molecule has 0 saturated carbocycles. The van der Waals surface area contributed by atoms with E-state index >= 15 is 0 Å². The fourth-order valence-corrected chi connectivity index (χ4v) is 1.22. The zero-order chi connectivity index (χ0) is 12.1. The van der Waals surface area contributed by atoms with E-state index in [1.54, 1.807) is 0 Å². The van der Waals surface area contributed by atoms with Crippen molar-refractivity contribution in [3.8, 4) is 0 Å². The van der Waals surface area contributed by atoms with Crippen molar-refractivity contribution in [2.75, 3.05) is 13.2 Å². The second-order valence-electron chi connectivity index (χ2n) is 3.65. The molecule has 0 spiro atoms. The zero-order valence-corrected chi connectivity index (χ0v) is 10.9. The maximum absolute atomic E-state index is 5.50. The number of ether oxygens (including phenoxy) is 2. The molecule has 0 aromatic carbocycles. The van der Waals surface area contributed by atoms with Gasteiger partial charge in [-0.05, 0) is 32.6 Å². The largest absolute Gasteiger partial charge is 0.353 e. The first-order chi connectivity index (χ1) is 7.81. The van der Waals surface area contributed by atoms with E-state index in [0.29, 0.717) is 0 Å². The second-order valence-corrected chi connectivity index (χ2v) is 3.65. The summed E-state index contributed by atoms with van der Waals surface area (Å²) in [6.07, 6.45) is 12.6. The van der Waals surface area contributed by atoms with Crippen molar-refractivity contribution < 1.29 is 9.47 Å². The highest BCUT2D eigenvalue weighted by Gasteiger charge is 1.99. The highest BCUT2D eigenvalue weighted by atomic mass is 16.7. The lowest BCUT2D eigenvalue weighted by atomic mass is 10.3. The van der Waals surface area contributed by atoms with Crippen molar-refractivity contribution in [1.82, 2.24) is 0 Å². The van der Waals surface area contributed by atoms with Gasteiger partial charge >= 0.3 is 0 Å². The summed E-state index contributed by atoms with van der Waals surface area (Å²) in [5.41, 5.74) is 0. The lowest BCUT2D eigenvalue weighted by Gasteiger charge is -2.12. The van der Waals surface area contributed by atoms with Crippen LogP contribution in [0.25, 0.3) is 0 Å². The van der Waals surface area contributed by atoms with E-state index in [9.17, 15) is 0 Å². The Bertz CT molecular complexity index is 165. The van der Waals surface area contributed by atoms with Gasteiger partial charge in [0.05, 0.1) is 13.2 Å². The summed E-state index contributed by atoms with van der Waals surface area (Å²) >= 11 is 0. The first kappa shape index (κ1) is 15.4. The Hall–Kier alpha value is -0.600. The van der Waals surface area contributed by atoms with Crippen LogP contribution in [0.15, 0.2) is 24.3 Å². The maximum atomic E-state index is 5.50. The standard InChI is InChI=1S/C14H26O2/c1-4-6-8-10-12-15-14(3)16-13-11-9-7-5-2/h6-9,14H,4-5,10-13H2,1-3H3. The minimum absolute atomic E-state index is 0.0925. The van der Waals surface area contributed by atoms with Gasteiger partial charge in [-0.2, -0.15) is 0 Å². The predicted octanol–water partition coefficient (Wildman–Crippen LogP) is 4.08.